The van der Waals surface area contributed by atoms with Gasteiger partial charge in [-0.3, -0.25) is 0 Å². The van der Waals surface area contributed by atoms with Crippen molar-refractivity contribution < 1.29 is 0 Å². The largest absolute Gasteiger partial charge is 0.352 e. The minimum Gasteiger partial charge on any atom is -0.352 e. The summed E-state index contributed by atoms with van der Waals surface area (Å²) in [5, 5.41) is 4.27. The van der Waals surface area contributed by atoms with Crippen LogP contribution in [0.2, 0.25) is 0 Å². The van der Waals surface area contributed by atoms with Gasteiger partial charge >= 0.3 is 0 Å². The fraction of sp³-hybridized carbons (Fsp3) is 0.615. The Labute approximate surface area is 113 Å². The summed E-state index contributed by atoms with van der Waals surface area (Å²) in [6.45, 7) is 7.80. The maximum absolute atomic E-state index is 5.77. The van der Waals surface area contributed by atoms with E-state index >= 15 is 0 Å². The first-order chi connectivity index (χ1) is 9.21. The normalized spacial score (nSPS) is 11.4. The average Bonchev–Trinajstić information content (AvgIpc) is 2.86. The van der Waals surface area contributed by atoms with E-state index in [1.165, 1.54) is 0 Å². The van der Waals surface area contributed by atoms with Gasteiger partial charge in [-0.25, -0.2) is 4.98 Å². The van der Waals surface area contributed by atoms with Crippen molar-refractivity contribution in [1.82, 2.24) is 19.6 Å². The molecular formula is C13H22N6. The second-order valence-corrected chi connectivity index (χ2v) is 4.68. The molecule has 0 fully saturated rings. The Kier molecular flexibility index (Phi) is 4.31. The number of anilines is 1. The van der Waals surface area contributed by atoms with Gasteiger partial charge in [-0.05, 0) is 19.8 Å². The molecule has 104 valence electrons. The maximum Gasteiger partial charge on any atom is 0.254 e. The summed E-state index contributed by atoms with van der Waals surface area (Å²) in [5.74, 6) is 1.67. The number of hydrogen-bond acceptors (Lipinski definition) is 5. The SMILES string of the molecule is CCC(CC)N(CCN)c1cc(C)nc2ncnn12. The van der Waals surface area contributed by atoms with E-state index in [2.05, 4.69) is 39.9 Å². The molecule has 0 unspecified atom stereocenters. The van der Waals surface area contributed by atoms with Gasteiger partial charge in [-0.1, -0.05) is 13.8 Å². The number of aromatic nitrogens is 4. The van der Waals surface area contributed by atoms with Crippen LogP contribution in [0.1, 0.15) is 32.4 Å². The van der Waals surface area contributed by atoms with Gasteiger partial charge in [0.2, 0.25) is 0 Å². The fourth-order valence-corrected chi connectivity index (χ4v) is 2.47. The molecule has 0 aliphatic rings. The summed E-state index contributed by atoms with van der Waals surface area (Å²) in [5.41, 5.74) is 6.72. The molecule has 0 atom stereocenters. The highest BCUT2D eigenvalue weighted by molar-refractivity contribution is 5.48. The molecule has 0 spiro atoms. The van der Waals surface area contributed by atoms with Crippen LogP contribution in [-0.2, 0) is 0 Å². The first-order valence-corrected chi connectivity index (χ1v) is 6.85. The Morgan fingerprint density at radius 2 is 2.11 bits per heavy atom. The molecular weight excluding hydrogens is 240 g/mol. The van der Waals surface area contributed by atoms with Crippen molar-refractivity contribution in [3.63, 3.8) is 0 Å². The number of hydrogen-bond donors (Lipinski definition) is 1. The van der Waals surface area contributed by atoms with Crippen molar-refractivity contribution in [3.8, 4) is 0 Å². The zero-order chi connectivity index (χ0) is 13.8. The lowest BCUT2D eigenvalue weighted by atomic mass is 10.1. The average molecular weight is 262 g/mol. The van der Waals surface area contributed by atoms with E-state index in [1.807, 2.05) is 6.92 Å². The molecule has 2 aromatic heterocycles. The summed E-state index contributed by atoms with van der Waals surface area (Å²) in [7, 11) is 0. The Morgan fingerprint density at radius 1 is 1.37 bits per heavy atom. The molecule has 19 heavy (non-hydrogen) atoms. The molecule has 0 radical (unpaired) electrons. The molecule has 2 aromatic rings. The highest BCUT2D eigenvalue weighted by atomic mass is 15.4. The van der Waals surface area contributed by atoms with Gasteiger partial charge in [0, 0.05) is 30.9 Å². The van der Waals surface area contributed by atoms with Crippen LogP contribution in [0.3, 0.4) is 0 Å². The predicted molar refractivity (Wildman–Crippen MR) is 76.3 cm³/mol. The van der Waals surface area contributed by atoms with E-state index in [9.17, 15) is 0 Å². The van der Waals surface area contributed by atoms with Crippen molar-refractivity contribution in [2.75, 3.05) is 18.0 Å². The van der Waals surface area contributed by atoms with Crippen LogP contribution in [0.5, 0.6) is 0 Å². The van der Waals surface area contributed by atoms with Crippen molar-refractivity contribution in [2.45, 2.75) is 39.7 Å². The maximum atomic E-state index is 5.77. The van der Waals surface area contributed by atoms with Crippen molar-refractivity contribution in [1.29, 1.82) is 0 Å². The molecule has 6 heteroatoms. The molecule has 2 heterocycles. The van der Waals surface area contributed by atoms with Crippen molar-refractivity contribution in [3.05, 3.63) is 18.1 Å². The lowest BCUT2D eigenvalue weighted by Crippen LogP contribution is -2.39. The summed E-state index contributed by atoms with van der Waals surface area (Å²) < 4.78 is 1.79. The van der Waals surface area contributed by atoms with Crippen LogP contribution in [0, 0.1) is 6.92 Å². The molecule has 0 bridgehead atoms. The molecule has 0 aliphatic carbocycles. The van der Waals surface area contributed by atoms with E-state index in [0.717, 1.165) is 30.9 Å². The molecule has 2 rings (SSSR count). The highest BCUT2D eigenvalue weighted by Gasteiger charge is 2.19. The van der Waals surface area contributed by atoms with Crippen LogP contribution in [0.4, 0.5) is 5.82 Å². The molecule has 0 amide bonds. The summed E-state index contributed by atoms with van der Waals surface area (Å²) in [6, 6.07) is 2.51. The summed E-state index contributed by atoms with van der Waals surface area (Å²) in [6.07, 6.45) is 3.70. The van der Waals surface area contributed by atoms with Gasteiger partial charge in [-0.2, -0.15) is 14.6 Å². The Balaban J connectivity index is 2.51. The van der Waals surface area contributed by atoms with E-state index in [0.29, 0.717) is 18.4 Å². The quantitative estimate of drug-likeness (QED) is 0.851. The lowest BCUT2D eigenvalue weighted by molar-refractivity contribution is 0.548. The second kappa shape index (κ2) is 5.97. The Hall–Kier alpha value is -1.69. The van der Waals surface area contributed by atoms with E-state index in [1.54, 1.807) is 10.8 Å². The molecule has 6 nitrogen and oxygen atoms in total. The predicted octanol–water partition coefficient (Wildman–Crippen LogP) is 1.39. The van der Waals surface area contributed by atoms with Crippen LogP contribution < -0.4 is 10.6 Å². The lowest BCUT2D eigenvalue weighted by Gasteiger charge is -2.32. The Morgan fingerprint density at radius 3 is 2.74 bits per heavy atom. The van der Waals surface area contributed by atoms with Crippen molar-refractivity contribution in [2.24, 2.45) is 5.73 Å². The summed E-state index contributed by atoms with van der Waals surface area (Å²) >= 11 is 0. The van der Waals surface area contributed by atoms with Gasteiger partial charge in [0.05, 0.1) is 0 Å². The summed E-state index contributed by atoms with van der Waals surface area (Å²) in [4.78, 5) is 10.9. The molecule has 0 saturated carbocycles. The van der Waals surface area contributed by atoms with Gasteiger partial charge in [0.25, 0.3) is 5.78 Å². The van der Waals surface area contributed by atoms with Gasteiger partial charge in [0.1, 0.15) is 12.1 Å². The molecule has 0 aromatic carbocycles. The molecule has 0 saturated heterocycles. The first-order valence-electron chi connectivity index (χ1n) is 6.85. The number of nitrogens with two attached hydrogens (primary N) is 1. The third kappa shape index (κ3) is 2.68. The standard InChI is InChI=1S/C13H22N6/c1-4-11(5-2)18(7-6-14)12-8-10(3)17-13-15-9-16-19(12)13/h8-9,11H,4-7,14H2,1-3H3. The van der Waals surface area contributed by atoms with Crippen LogP contribution in [-0.4, -0.2) is 38.7 Å². The second-order valence-electron chi connectivity index (χ2n) is 4.68. The number of aryl methyl sites for hydroxylation is 1. The third-order valence-electron chi connectivity index (χ3n) is 3.41. The van der Waals surface area contributed by atoms with Crippen LogP contribution >= 0.6 is 0 Å². The topological polar surface area (TPSA) is 72.3 Å². The number of rotatable bonds is 6. The first kappa shape index (κ1) is 13.7. The number of nitrogens with zero attached hydrogens (tertiary/aromatic N) is 5. The zero-order valence-electron chi connectivity index (χ0n) is 11.9. The van der Waals surface area contributed by atoms with E-state index < -0.39 is 0 Å². The van der Waals surface area contributed by atoms with Gasteiger partial charge in [0.15, 0.2) is 0 Å². The van der Waals surface area contributed by atoms with E-state index in [4.69, 9.17) is 5.73 Å². The van der Waals surface area contributed by atoms with Gasteiger partial charge < -0.3 is 10.6 Å². The fourth-order valence-electron chi connectivity index (χ4n) is 2.47. The molecule has 0 aliphatic heterocycles. The van der Waals surface area contributed by atoms with E-state index in [-0.39, 0.29) is 0 Å². The minimum absolute atomic E-state index is 0.456. The zero-order valence-corrected chi connectivity index (χ0v) is 11.9. The van der Waals surface area contributed by atoms with Gasteiger partial charge in [-0.15, -0.1) is 0 Å². The van der Waals surface area contributed by atoms with Crippen molar-refractivity contribution >= 4 is 11.6 Å². The monoisotopic (exact) mass is 262 g/mol. The minimum atomic E-state index is 0.456. The van der Waals surface area contributed by atoms with Crippen LogP contribution in [0.15, 0.2) is 12.4 Å². The molecule has 2 N–H and O–H groups in total. The number of fused-ring (bicyclic) bond motifs is 1. The smallest absolute Gasteiger partial charge is 0.254 e. The Bertz CT molecular complexity index is 531. The third-order valence-corrected chi connectivity index (χ3v) is 3.41. The van der Waals surface area contributed by atoms with Crippen LogP contribution in [0.25, 0.3) is 5.78 Å². The highest BCUT2D eigenvalue weighted by Crippen LogP contribution is 2.21.